The molecule has 0 saturated heterocycles. The van der Waals surface area contributed by atoms with Crippen molar-refractivity contribution in [3.8, 4) is 0 Å². The zero-order valence-electron chi connectivity index (χ0n) is 9.52. The van der Waals surface area contributed by atoms with Crippen LogP contribution < -0.4 is 0 Å². The van der Waals surface area contributed by atoms with E-state index in [1.54, 1.807) is 0 Å². The zero-order chi connectivity index (χ0) is 9.52. The van der Waals surface area contributed by atoms with Crippen LogP contribution in [0.3, 0.4) is 0 Å². The summed E-state index contributed by atoms with van der Waals surface area (Å²) in [5.74, 6) is 2.06. The molecule has 0 radical (unpaired) electrons. The molecule has 1 unspecified atom stereocenters. The van der Waals surface area contributed by atoms with E-state index in [9.17, 15) is 0 Å². The van der Waals surface area contributed by atoms with Crippen molar-refractivity contribution in [2.45, 2.75) is 71.6 Å². The summed E-state index contributed by atoms with van der Waals surface area (Å²) in [7, 11) is 0. The maximum Gasteiger partial charge on any atom is -0.0388 e. The monoisotopic (exact) mass is 182 g/mol. The third kappa shape index (κ3) is 4.15. The molecule has 0 aromatic heterocycles. The molecular weight excluding hydrogens is 156 g/mol. The standard InChI is InChI=1S/C13H26/c1-3-4-9-12(2)13-10-7-5-6-8-11-13/h12-13H,3-11H2,1-2H3. The van der Waals surface area contributed by atoms with Crippen LogP contribution in [0.25, 0.3) is 0 Å². The van der Waals surface area contributed by atoms with Gasteiger partial charge in [-0.2, -0.15) is 0 Å². The fraction of sp³-hybridized carbons (Fsp3) is 1.00. The molecule has 0 aromatic carbocycles. The second kappa shape index (κ2) is 6.45. The minimum absolute atomic E-state index is 0.998. The van der Waals surface area contributed by atoms with Crippen molar-refractivity contribution in [3.05, 3.63) is 0 Å². The van der Waals surface area contributed by atoms with Gasteiger partial charge >= 0.3 is 0 Å². The first-order valence-electron chi connectivity index (χ1n) is 6.34. The molecule has 0 nitrogen and oxygen atoms in total. The lowest BCUT2D eigenvalue weighted by molar-refractivity contribution is 0.297. The van der Waals surface area contributed by atoms with E-state index < -0.39 is 0 Å². The van der Waals surface area contributed by atoms with Gasteiger partial charge in [-0.25, -0.2) is 0 Å². The van der Waals surface area contributed by atoms with Gasteiger partial charge in [0.05, 0.1) is 0 Å². The lowest BCUT2D eigenvalue weighted by Gasteiger charge is -2.21. The highest BCUT2D eigenvalue weighted by Crippen LogP contribution is 2.31. The lowest BCUT2D eigenvalue weighted by atomic mass is 9.84. The number of unbranched alkanes of at least 4 members (excludes halogenated alkanes) is 1. The van der Waals surface area contributed by atoms with Crippen LogP contribution in [0.2, 0.25) is 0 Å². The Morgan fingerprint density at radius 1 is 1.08 bits per heavy atom. The van der Waals surface area contributed by atoms with E-state index in [2.05, 4.69) is 13.8 Å². The Kier molecular flexibility index (Phi) is 5.50. The summed E-state index contributed by atoms with van der Waals surface area (Å²) in [5, 5.41) is 0. The van der Waals surface area contributed by atoms with Crippen molar-refractivity contribution in [3.63, 3.8) is 0 Å². The van der Waals surface area contributed by atoms with Gasteiger partial charge in [0.25, 0.3) is 0 Å². The van der Waals surface area contributed by atoms with Gasteiger partial charge in [-0.3, -0.25) is 0 Å². The Bertz CT molecular complexity index is 109. The first-order chi connectivity index (χ1) is 6.34. The summed E-state index contributed by atoms with van der Waals surface area (Å²) in [6, 6.07) is 0. The predicted molar refractivity (Wildman–Crippen MR) is 59.9 cm³/mol. The van der Waals surface area contributed by atoms with E-state index in [1.165, 1.54) is 57.8 Å². The molecule has 1 atom stereocenters. The van der Waals surface area contributed by atoms with Gasteiger partial charge in [-0.1, -0.05) is 71.6 Å². The van der Waals surface area contributed by atoms with Gasteiger partial charge in [0.15, 0.2) is 0 Å². The molecule has 78 valence electrons. The Morgan fingerprint density at radius 3 is 2.23 bits per heavy atom. The summed E-state index contributed by atoms with van der Waals surface area (Å²) >= 11 is 0. The van der Waals surface area contributed by atoms with Crippen LogP contribution in [0.5, 0.6) is 0 Å². The Balaban J connectivity index is 2.22. The molecule has 0 aliphatic heterocycles. The van der Waals surface area contributed by atoms with Crippen molar-refractivity contribution in [1.82, 2.24) is 0 Å². The third-order valence-corrected chi connectivity index (χ3v) is 3.72. The molecule has 13 heavy (non-hydrogen) atoms. The zero-order valence-corrected chi connectivity index (χ0v) is 9.52. The van der Waals surface area contributed by atoms with Crippen LogP contribution in [0.4, 0.5) is 0 Å². The normalized spacial score (nSPS) is 22.6. The summed E-state index contributed by atoms with van der Waals surface area (Å²) in [5.41, 5.74) is 0. The van der Waals surface area contributed by atoms with Gasteiger partial charge in [0.2, 0.25) is 0 Å². The predicted octanol–water partition coefficient (Wildman–Crippen LogP) is 4.78. The maximum absolute atomic E-state index is 2.48. The van der Waals surface area contributed by atoms with E-state index in [4.69, 9.17) is 0 Å². The fourth-order valence-electron chi connectivity index (χ4n) is 2.64. The molecule has 0 amide bonds. The average molecular weight is 182 g/mol. The third-order valence-electron chi connectivity index (χ3n) is 3.72. The first-order valence-corrected chi connectivity index (χ1v) is 6.34. The second-order valence-electron chi connectivity index (χ2n) is 4.87. The van der Waals surface area contributed by atoms with Gasteiger partial charge in [0, 0.05) is 0 Å². The summed E-state index contributed by atoms with van der Waals surface area (Å²) in [6.07, 6.45) is 13.3. The van der Waals surface area contributed by atoms with Crippen LogP contribution in [-0.4, -0.2) is 0 Å². The number of hydrogen-bond donors (Lipinski definition) is 0. The van der Waals surface area contributed by atoms with Crippen molar-refractivity contribution >= 4 is 0 Å². The van der Waals surface area contributed by atoms with E-state index in [0.717, 1.165) is 11.8 Å². The number of hydrogen-bond acceptors (Lipinski definition) is 0. The average Bonchev–Trinajstić information content (AvgIpc) is 2.42. The smallest absolute Gasteiger partial charge is 0.0388 e. The van der Waals surface area contributed by atoms with Crippen LogP contribution in [0.1, 0.15) is 71.6 Å². The SMILES string of the molecule is CCCCC(C)C1CCCCCC1. The summed E-state index contributed by atoms with van der Waals surface area (Å²) in [4.78, 5) is 0. The van der Waals surface area contributed by atoms with E-state index in [1.807, 2.05) is 0 Å². The Labute approximate surface area is 84.1 Å². The lowest BCUT2D eigenvalue weighted by Crippen LogP contribution is -2.10. The van der Waals surface area contributed by atoms with E-state index in [-0.39, 0.29) is 0 Å². The molecule has 0 heteroatoms. The molecule has 0 N–H and O–H groups in total. The van der Waals surface area contributed by atoms with Crippen molar-refractivity contribution in [2.24, 2.45) is 11.8 Å². The molecule has 1 fully saturated rings. The highest BCUT2D eigenvalue weighted by molar-refractivity contribution is 4.70. The molecule has 0 bridgehead atoms. The van der Waals surface area contributed by atoms with E-state index >= 15 is 0 Å². The minimum atomic E-state index is 0.998. The van der Waals surface area contributed by atoms with Crippen molar-refractivity contribution in [2.75, 3.05) is 0 Å². The van der Waals surface area contributed by atoms with Gasteiger partial charge < -0.3 is 0 Å². The molecule has 0 heterocycles. The fourth-order valence-corrected chi connectivity index (χ4v) is 2.64. The minimum Gasteiger partial charge on any atom is -0.0654 e. The topological polar surface area (TPSA) is 0 Å². The highest BCUT2D eigenvalue weighted by Gasteiger charge is 2.17. The summed E-state index contributed by atoms with van der Waals surface area (Å²) in [6.45, 7) is 4.78. The van der Waals surface area contributed by atoms with Crippen LogP contribution in [0, 0.1) is 11.8 Å². The number of rotatable bonds is 4. The van der Waals surface area contributed by atoms with Crippen LogP contribution in [0.15, 0.2) is 0 Å². The molecule has 0 aromatic rings. The Morgan fingerprint density at radius 2 is 1.69 bits per heavy atom. The van der Waals surface area contributed by atoms with Gasteiger partial charge in [-0.15, -0.1) is 0 Å². The molecule has 1 aliphatic carbocycles. The van der Waals surface area contributed by atoms with Gasteiger partial charge in [0.1, 0.15) is 0 Å². The van der Waals surface area contributed by atoms with E-state index in [0.29, 0.717) is 0 Å². The molecule has 1 rings (SSSR count). The molecule has 1 aliphatic rings. The molecular formula is C13H26. The summed E-state index contributed by atoms with van der Waals surface area (Å²) < 4.78 is 0. The van der Waals surface area contributed by atoms with Crippen LogP contribution in [-0.2, 0) is 0 Å². The molecule has 1 saturated carbocycles. The maximum atomic E-state index is 2.48. The van der Waals surface area contributed by atoms with Crippen LogP contribution >= 0.6 is 0 Å². The first kappa shape index (κ1) is 11.1. The van der Waals surface area contributed by atoms with Crippen molar-refractivity contribution in [1.29, 1.82) is 0 Å². The quantitative estimate of drug-likeness (QED) is 0.549. The highest BCUT2D eigenvalue weighted by atomic mass is 14.2. The molecule has 0 spiro atoms. The van der Waals surface area contributed by atoms with Gasteiger partial charge in [-0.05, 0) is 11.8 Å². The Hall–Kier alpha value is 0. The van der Waals surface area contributed by atoms with Crippen molar-refractivity contribution < 1.29 is 0 Å². The largest absolute Gasteiger partial charge is 0.0654 e. The second-order valence-corrected chi connectivity index (χ2v) is 4.87.